The molecular formula is C30H35NO10. The maximum atomic E-state index is 13.6. The maximum absolute atomic E-state index is 13.6. The molecule has 2 aliphatic carbocycles. The summed E-state index contributed by atoms with van der Waals surface area (Å²) in [4.78, 5) is 42.1. The second kappa shape index (κ2) is 10.5. The average molecular weight is 570 g/mol. The largest absolute Gasteiger partial charge is 0.507 e. The highest BCUT2D eigenvalue weighted by molar-refractivity contribution is 6.30. The number of methoxy groups -OCH3 is 1. The van der Waals surface area contributed by atoms with Crippen LogP contribution in [0.2, 0.25) is 0 Å². The first-order chi connectivity index (χ1) is 19.3. The van der Waals surface area contributed by atoms with Gasteiger partial charge in [0.1, 0.15) is 17.4 Å². The minimum atomic E-state index is -1.69. The van der Waals surface area contributed by atoms with Crippen molar-refractivity contribution < 1.29 is 49.0 Å². The molecule has 0 amide bonds. The summed E-state index contributed by atoms with van der Waals surface area (Å²) in [5.74, 6) is -4.42. The Bertz CT molecular complexity index is 1420. The first-order valence-electron chi connectivity index (χ1n) is 13.6. The Morgan fingerprint density at radius 2 is 1.85 bits per heavy atom. The molecular weight excluding hydrogens is 534 g/mol. The van der Waals surface area contributed by atoms with Crippen molar-refractivity contribution in [2.45, 2.75) is 75.3 Å². The monoisotopic (exact) mass is 569 g/mol. The second-order valence-electron chi connectivity index (χ2n) is 11.3. The topological polar surface area (TPSA) is 163 Å². The average Bonchev–Trinajstić information content (AvgIpc) is 2.92. The van der Waals surface area contributed by atoms with Crippen LogP contribution >= 0.6 is 0 Å². The highest BCUT2D eigenvalue weighted by atomic mass is 16.7. The van der Waals surface area contributed by atoms with Gasteiger partial charge in [-0.1, -0.05) is 19.1 Å². The van der Waals surface area contributed by atoms with Gasteiger partial charge in [0.05, 0.1) is 42.1 Å². The number of aliphatic hydroxyl groups is 2. The molecule has 0 aromatic heterocycles. The van der Waals surface area contributed by atoms with Crippen molar-refractivity contribution in [2.24, 2.45) is 0 Å². The van der Waals surface area contributed by atoms with E-state index in [4.69, 9.17) is 14.2 Å². The summed E-state index contributed by atoms with van der Waals surface area (Å²) in [6, 6.07) is 5.14. The molecule has 2 aromatic rings. The molecule has 0 radical (unpaired) electrons. The number of benzene rings is 2. The van der Waals surface area contributed by atoms with Crippen LogP contribution in [0.4, 0.5) is 0 Å². The lowest BCUT2D eigenvalue weighted by atomic mass is 9.67. The van der Waals surface area contributed by atoms with Crippen LogP contribution in [-0.4, -0.2) is 94.2 Å². The quantitative estimate of drug-likeness (QED) is 0.333. The molecule has 4 N–H and O–H groups in total. The molecule has 1 aliphatic heterocycles. The Hall–Kier alpha value is -3.35. The van der Waals surface area contributed by atoms with Crippen LogP contribution in [0, 0.1) is 0 Å². The van der Waals surface area contributed by atoms with E-state index in [2.05, 4.69) is 0 Å². The smallest absolute Gasteiger partial charge is 0.316 e. The molecule has 0 bridgehead atoms. The third-order valence-electron chi connectivity index (χ3n) is 8.77. The van der Waals surface area contributed by atoms with E-state index in [0.717, 1.165) is 0 Å². The van der Waals surface area contributed by atoms with Crippen molar-refractivity contribution in [1.29, 1.82) is 0 Å². The SMILES string of the molecule is CC[C@]1(O)C[C@H](O[C@H]2C[C@@H](N(C)C)[C@@H](O)[C@@H](C)O2)c2c(cc3c(c2O)C(=O)c2c(O)cccc2C3=O)[C@H]1C(=O)OC. The van der Waals surface area contributed by atoms with Crippen molar-refractivity contribution in [3.05, 3.63) is 57.6 Å². The fraction of sp³-hybridized carbons (Fsp3) is 0.500. The van der Waals surface area contributed by atoms with Crippen LogP contribution in [0.1, 0.15) is 88.1 Å². The van der Waals surface area contributed by atoms with Crippen LogP contribution in [0.5, 0.6) is 11.5 Å². The minimum Gasteiger partial charge on any atom is -0.507 e. The van der Waals surface area contributed by atoms with E-state index >= 15 is 0 Å². The normalized spacial score (nSPS) is 30.9. The van der Waals surface area contributed by atoms with Gasteiger partial charge in [0, 0.05) is 35.6 Å². The lowest BCUT2D eigenvalue weighted by molar-refractivity contribution is -0.258. The van der Waals surface area contributed by atoms with E-state index in [0.29, 0.717) is 0 Å². The molecule has 11 nitrogen and oxygen atoms in total. The summed E-state index contributed by atoms with van der Waals surface area (Å²) in [7, 11) is 4.82. The summed E-state index contributed by atoms with van der Waals surface area (Å²) in [6.45, 7) is 3.41. The number of nitrogens with zero attached hydrogens (tertiary/aromatic N) is 1. The van der Waals surface area contributed by atoms with Crippen molar-refractivity contribution >= 4 is 17.5 Å². The van der Waals surface area contributed by atoms with Crippen molar-refractivity contribution in [1.82, 2.24) is 4.90 Å². The molecule has 0 unspecified atom stereocenters. The third kappa shape index (κ3) is 4.52. The number of hydrogen-bond donors (Lipinski definition) is 4. The Morgan fingerprint density at radius 1 is 1.15 bits per heavy atom. The molecule has 220 valence electrons. The molecule has 1 saturated heterocycles. The summed E-state index contributed by atoms with van der Waals surface area (Å²) < 4.78 is 17.3. The van der Waals surface area contributed by atoms with E-state index in [-0.39, 0.29) is 58.7 Å². The van der Waals surface area contributed by atoms with Crippen LogP contribution in [0.25, 0.3) is 0 Å². The van der Waals surface area contributed by atoms with E-state index in [1.54, 1.807) is 13.8 Å². The number of aliphatic hydroxyl groups excluding tert-OH is 1. The maximum Gasteiger partial charge on any atom is 0.316 e. The highest BCUT2D eigenvalue weighted by Gasteiger charge is 2.53. The van der Waals surface area contributed by atoms with Gasteiger partial charge in [0.25, 0.3) is 0 Å². The molecule has 5 rings (SSSR count). The molecule has 7 atom stereocenters. The standard InChI is InChI=1S/C30H35NO10/c1-6-30(38)12-19(41-20-11-17(31(3)4)25(33)13(2)40-20)22-15(24(30)29(37)39-5)10-16-23(28(22)36)27(35)21-14(26(16)34)8-7-9-18(21)32/h7-10,13,17,19-20,24-25,32-33,36,38H,6,11-12H2,1-5H3/t13-,17-,19+,20+,24+,25+,30+/m1/s1. The van der Waals surface area contributed by atoms with E-state index in [1.165, 1.54) is 31.4 Å². The van der Waals surface area contributed by atoms with Gasteiger partial charge in [-0.3, -0.25) is 14.4 Å². The summed E-state index contributed by atoms with van der Waals surface area (Å²) in [6.07, 6.45) is -3.09. The number of ketones is 2. The summed E-state index contributed by atoms with van der Waals surface area (Å²) in [5.41, 5.74) is -2.27. The number of phenols is 2. The zero-order valence-corrected chi connectivity index (χ0v) is 23.6. The second-order valence-corrected chi connectivity index (χ2v) is 11.3. The van der Waals surface area contributed by atoms with Gasteiger partial charge in [0.15, 0.2) is 12.1 Å². The van der Waals surface area contributed by atoms with Gasteiger partial charge in [-0.2, -0.15) is 0 Å². The number of aromatic hydroxyl groups is 2. The minimum absolute atomic E-state index is 0.0382. The number of fused-ring (bicyclic) bond motifs is 3. The lowest BCUT2D eigenvalue weighted by Crippen LogP contribution is -2.54. The molecule has 0 saturated carbocycles. The van der Waals surface area contributed by atoms with Crippen LogP contribution < -0.4 is 0 Å². The fourth-order valence-corrected chi connectivity index (χ4v) is 6.50. The number of phenolic OH excluding ortho intramolecular Hbond substituents is 2. The zero-order valence-electron chi connectivity index (χ0n) is 23.6. The van der Waals surface area contributed by atoms with Crippen molar-refractivity contribution in [3.8, 4) is 11.5 Å². The van der Waals surface area contributed by atoms with Crippen LogP contribution in [-0.2, 0) is 19.0 Å². The van der Waals surface area contributed by atoms with Gasteiger partial charge in [0.2, 0.25) is 5.78 Å². The van der Waals surface area contributed by atoms with Crippen LogP contribution in [0.15, 0.2) is 24.3 Å². The van der Waals surface area contributed by atoms with Crippen molar-refractivity contribution in [2.75, 3.05) is 21.2 Å². The number of ether oxygens (including phenoxy) is 3. The molecule has 11 heteroatoms. The van der Waals surface area contributed by atoms with E-state index in [9.17, 15) is 34.8 Å². The fourth-order valence-electron chi connectivity index (χ4n) is 6.50. The van der Waals surface area contributed by atoms with Crippen molar-refractivity contribution in [3.63, 3.8) is 0 Å². The first kappa shape index (κ1) is 29.2. The van der Waals surface area contributed by atoms with Gasteiger partial charge in [-0.15, -0.1) is 0 Å². The van der Waals surface area contributed by atoms with E-state index in [1.807, 2.05) is 19.0 Å². The molecule has 2 aromatic carbocycles. The molecule has 41 heavy (non-hydrogen) atoms. The summed E-state index contributed by atoms with van der Waals surface area (Å²) >= 11 is 0. The Balaban J connectivity index is 1.69. The van der Waals surface area contributed by atoms with Gasteiger partial charge in [-0.25, -0.2) is 0 Å². The number of esters is 1. The highest BCUT2D eigenvalue weighted by Crippen LogP contribution is 2.54. The molecule has 0 spiro atoms. The van der Waals surface area contributed by atoms with Gasteiger partial charge < -0.3 is 39.5 Å². The number of carbonyl (C=O) groups is 3. The third-order valence-corrected chi connectivity index (χ3v) is 8.77. The summed E-state index contributed by atoms with van der Waals surface area (Å²) in [5, 5.41) is 44.5. The predicted molar refractivity (Wildman–Crippen MR) is 144 cm³/mol. The van der Waals surface area contributed by atoms with Gasteiger partial charge in [-0.05, 0) is 45.1 Å². The number of hydrogen-bond acceptors (Lipinski definition) is 11. The molecule has 1 heterocycles. The van der Waals surface area contributed by atoms with Crippen LogP contribution in [0.3, 0.4) is 0 Å². The predicted octanol–water partition coefficient (Wildman–Crippen LogP) is 2.16. The number of likely N-dealkylation sites (N-methyl/N-ethyl adjacent to an activating group) is 1. The number of rotatable bonds is 5. The molecule has 3 aliphatic rings. The van der Waals surface area contributed by atoms with E-state index < -0.39 is 65.2 Å². The lowest BCUT2D eigenvalue weighted by Gasteiger charge is -2.46. The first-order valence-corrected chi connectivity index (χ1v) is 13.6. The Morgan fingerprint density at radius 3 is 2.49 bits per heavy atom. The Kier molecular flexibility index (Phi) is 7.46. The Labute approximate surface area is 237 Å². The molecule has 1 fully saturated rings. The van der Waals surface area contributed by atoms with Gasteiger partial charge >= 0.3 is 5.97 Å². The number of carbonyl (C=O) groups excluding carboxylic acids is 3. The zero-order chi connectivity index (χ0) is 30.0.